The largest absolute Gasteiger partial charge is 0.458 e. The molecule has 11 rings (SSSR count). The molecule has 0 saturated carbocycles. The Hall–Kier alpha value is -5.42. The predicted octanol–water partition coefficient (Wildman–Crippen LogP) is 3.84. The maximum Gasteiger partial charge on any atom is 0.279 e. The van der Waals surface area contributed by atoms with Crippen LogP contribution in [0.5, 0.6) is 34.6 Å². The third kappa shape index (κ3) is 2.43. The van der Waals surface area contributed by atoms with Crippen molar-refractivity contribution in [1.82, 2.24) is 9.55 Å². The Bertz CT molecular complexity index is 2380. The van der Waals surface area contributed by atoms with Gasteiger partial charge in [0.15, 0.2) is 0 Å². The van der Waals surface area contributed by atoms with Crippen LogP contribution in [0.1, 0.15) is 0 Å². The lowest BCUT2D eigenvalue weighted by Gasteiger charge is -2.35. The SMILES string of the molecule is c1ccc2c(c1)Oc1cccc3c1B2c1cc2c(nc1O3)B1c3c(cccc3-n3c4ccccc4c4cccc1c43)O2. The van der Waals surface area contributed by atoms with Gasteiger partial charge in [-0.2, -0.15) is 0 Å². The maximum atomic E-state index is 6.74. The molecule has 0 N–H and O–H groups in total. The Morgan fingerprint density at radius 3 is 2.17 bits per heavy atom. The van der Waals surface area contributed by atoms with Crippen molar-refractivity contribution in [3.8, 4) is 40.3 Å². The number of nitrogens with zero attached hydrogens (tertiary/aromatic N) is 2. The van der Waals surface area contributed by atoms with E-state index in [2.05, 4.69) is 83.4 Å². The second kappa shape index (κ2) is 7.25. The average Bonchev–Trinajstić information content (AvgIpc) is 3.37. The number of rotatable bonds is 0. The molecule has 6 heterocycles. The number of fused-ring (bicyclic) bond motifs is 11. The average molecular weight is 536 g/mol. The highest BCUT2D eigenvalue weighted by atomic mass is 16.5. The lowest BCUT2D eigenvalue weighted by molar-refractivity contribution is 0.448. The summed E-state index contributed by atoms with van der Waals surface area (Å²) in [6, 6.07) is 38.1. The monoisotopic (exact) mass is 536 g/mol. The summed E-state index contributed by atoms with van der Waals surface area (Å²) in [4.78, 5) is 5.32. The molecular weight excluding hydrogens is 518 g/mol. The van der Waals surface area contributed by atoms with Gasteiger partial charge < -0.3 is 18.8 Å². The van der Waals surface area contributed by atoms with E-state index in [1.54, 1.807) is 0 Å². The van der Waals surface area contributed by atoms with E-state index >= 15 is 0 Å². The Labute approximate surface area is 241 Å². The zero-order valence-electron chi connectivity index (χ0n) is 22.2. The van der Waals surface area contributed by atoms with Crippen molar-refractivity contribution >= 4 is 68.1 Å². The quantitative estimate of drug-likeness (QED) is 0.277. The molecule has 0 radical (unpaired) electrons. The van der Waals surface area contributed by atoms with Crippen LogP contribution in [0.2, 0.25) is 0 Å². The van der Waals surface area contributed by atoms with E-state index in [0.29, 0.717) is 5.88 Å². The van der Waals surface area contributed by atoms with Gasteiger partial charge in [-0.15, -0.1) is 0 Å². The van der Waals surface area contributed by atoms with Gasteiger partial charge in [0, 0.05) is 27.4 Å². The number of para-hydroxylation sites is 3. The highest BCUT2D eigenvalue weighted by Gasteiger charge is 2.45. The van der Waals surface area contributed by atoms with Crippen LogP contribution in [0.25, 0.3) is 27.5 Å². The third-order valence-electron chi connectivity index (χ3n) is 9.39. The molecule has 5 aromatic carbocycles. The zero-order chi connectivity index (χ0) is 27.1. The van der Waals surface area contributed by atoms with E-state index in [0.717, 1.165) is 61.9 Å². The first-order chi connectivity index (χ1) is 20.8. The predicted molar refractivity (Wildman–Crippen MR) is 167 cm³/mol. The summed E-state index contributed by atoms with van der Waals surface area (Å²) in [7, 11) is 0. The normalized spacial score (nSPS) is 14.2. The molecule has 2 aromatic heterocycles. The van der Waals surface area contributed by atoms with Gasteiger partial charge in [-0.1, -0.05) is 66.7 Å². The molecule has 4 aliphatic heterocycles. The van der Waals surface area contributed by atoms with Crippen molar-refractivity contribution in [2.24, 2.45) is 0 Å². The van der Waals surface area contributed by atoms with E-state index in [-0.39, 0.29) is 13.4 Å². The van der Waals surface area contributed by atoms with Crippen LogP contribution in [0, 0.1) is 0 Å². The molecule has 0 fully saturated rings. The summed E-state index contributed by atoms with van der Waals surface area (Å²) >= 11 is 0. The fourth-order valence-electron chi connectivity index (χ4n) is 7.78. The van der Waals surface area contributed by atoms with Crippen LogP contribution in [-0.2, 0) is 0 Å². The van der Waals surface area contributed by atoms with Crippen molar-refractivity contribution < 1.29 is 14.2 Å². The first-order valence-corrected chi connectivity index (χ1v) is 14.3. The minimum absolute atomic E-state index is 0.0589. The van der Waals surface area contributed by atoms with Gasteiger partial charge >= 0.3 is 0 Å². The molecule has 42 heavy (non-hydrogen) atoms. The number of aromatic nitrogens is 2. The lowest BCUT2D eigenvalue weighted by atomic mass is 9.34. The van der Waals surface area contributed by atoms with Gasteiger partial charge in [-0.3, -0.25) is 0 Å². The summed E-state index contributed by atoms with van der Waals surface area (Å²) in [5.74, 6) is 4.75. The molecule has 192 valence electrons. The third-order valence-corrected chi connectivity index (χ3v) is 9.39. The van der Waals surface area contributed by atoms with E-state index in [9.17, 15) is 0 Å². The topological polar surface area (TPSA) is 45.5 Å². The minimum Gasteiger partial charge on any atom is -0.458 e. The summed E-state index contributed by atoms with van der Waals surface area (Å²) in [5.41, 5.74) is 9.97. The van der Waals surface area contributed by atoms with Crippen LogP contribution in [0.15, 0.2) is 109 Å². The van der Waals surface area contributed by atoms with Crippen molar-refractivity contribution in [3.05, 3.63) is 109 Å². The molecule has 7 aromatic rings. The Morgan fingerprint density at radius 1 is 0.524 bits per heavy atom. The summed E-state index contributed by atoms with van der Waals surface area (Å²) < 4.78 is 22.0. The van der Waals surface area contributed by atoms with Crippen LogP contribution in [-0.4, -0.2) is 23.0 Å². The van der Waals surface area contributed by atoms with E-state index < -0.39 is 0 Å². The number of pyridine rings is 1. The van der Waals surface area contributed by atoms with Gasteiger partial charge in [0.2, 0.25) is 5.88 Å². The van der Waals surface area contributed by atoms with Gasteiger partial charge in [0.05, 0.1) is 11.1 Å². The van der Waals surface area contributed by atoms with Crippen LogP contribution in [0.4, 0.5) is 0 Å². The molecule has 0 amide bonds. The maximum absolute atomic E-state index is 6.74. The Morgan fingerprint density at radius 2 is 1.21 bits per heavy atom. The van der Waals surface area contributed by atoms with Crippen LogP contribution in [0.3, 0.4) is 0 Å². The standard InChI is InChI=1S/C35H18B2N2O3/c1-3-12-24-19(8-1)20-9-5-11-22-33(20)39(24)25-13-6-15-27-31(25)37(22)34-30(41-27)18-23-35(38-34)42-29-17-7-16-28-32(29)36(23)21-10-2-4-14-26(21)40-28/h1-18H. The van der Waals surface area contributed by atoms with E-state index in [1.807, 2.05) is 30.3 Å². The molecule has 0 saturated heterocycles. The van der Waals surface area contributed by atoms with E-state index in [1.165, 1.54) is 27.3 Å². The number of hydrogen-bond donors (Lipinski definition) is 0. The van der Waals surface area contributed by atoms with Crippen molar-refractivity contribution in [2.45, 2.75) is 0 Å². The molecule has 5 nitrogen and oxygen atoms in total. The van der Waals surface area contributed by atoms with Gasteiger partial charge in [-0.25, -0.2) is 4.98 Å². The number of benzene rings is 5. The first kappa shape index (κ1) is 21.3. The summed E-state index contributed by atoms with van der Waals surface area (Å²) in [6.07, 6.45) is 0. The number of hydrogen-bond acceptors (Lipinski definition) is 4. The Kier molecular flexibility index (Phi) is 3.69. The molecule has 7 heteroatoms. The first-order valence-electron chi connectivity index (χ1n) is 14.3. The minimum atomic E-state index is -0.0796. The highest BCUT2D eigenvalue weighted by molar-refractivity contribution is 7.00. The summed E-state index contributed by atoms with van der Waals surface area (Å²) in [5, 5.41) is 2.50. The molecule has 0 unspecified atom stereocenters. The van der Waals surface area contributed by atoms with Gasteiger partial charge in [-0.05, 0) is 64.3 Å². The Balaban J connectivity index is 1.21. The van der Waals surface area contributed by atoms with Gasteiger partial charge in [0.1, 0.15) is 28.7 Å². The summed E-state index contributed by atoms with van der Waals surface area (Å²) in [6.45, 7) is -0.139. The van der Waals surface area contributed by atoms with Crippen molar-refractivity contribution in [3.63, 3.8) is 0 Å². The molecular formula is C35H18B2N2O3. The second-order valence-electron chi connectivity index (χ2n) is 11.4. The lowest BCUT2D eigenvalue weighted by Crippen LogP contribution is -2.62. The molecule has 0 atom stereocenters. The van der Waals surface area contributed by atoms with Crippen LogP contribution < -0.4 is 47.1 Å². The fourth-order valence-corrected chi connectivity index (χ4v) is 7.78. The smallest absolute Gasteiger partial charge is 0.279 e. The second-order valence-corrected chi connectivity index (χ2v) is 11.4. The fraction of sp³-hybridized carbons (Fsp3) is 0. The highest BCUT2D eigenvalue weighted by Crippen LogP contribution is 2.38. The molecule has 0 aliphatic carbocycles. The number of ether oxygens (including phenoxy) is 3. The van der Waals surface area contributed by atoms with Crippen molar-refractivity contribution in [1.29, 1.82) is 0 Å². The van der Waals surface area contributed by atoms with E-state index in [4.69, 9.17) is 19.2 Å². The molecule has 0 spiro atoms. The molecule has 0 bridgehead atoms. The molecule has 4 aliphatic rings. The zero-order valence-corrected chi connectivity index (χ0v) is 22.2. The van der Waals surface area contributed by atoms with Crippen LogP contribution >= 0.6 is 0 Å². The van der Waals surface area contributed by atoms with Crippen molar-refractivity contribution in [2.75, 3.05) is 0 Å². The van der Waals surface area contributed by atoms with Gasteiger partial charge in [0.25, 0.3) is 13.4 Å².